The van der Waals surface area contributed by atoms with E-state index in [2.05, 4.69) is 120 Å². The number of aromatic nitrogens is 7. The highest BCUT2D eigenvalue weighted by Crippen LogP contribution is 2.56. The monoisotopic (exact) mass is 730 g/mol. The standard InChI is InChI=1S/C48H39N7O/c1-47(2)22-11-23-48(3,4)43(47)28-18-20-37-33(25-28)32-19-21-40(52-44(32)53(37)30-12-6-5-7-13-30)56-31-24-29-27-49-46-51-36-15-10-17-39-42(36)55(46)41(29)34(26-31)45-50-35-14-8-9-16-38(35)54(39)45/h5-10,12-21,24-27,43H,11,22-23H2,1-4H3/i43D. The van der Waals surface area contributed by atoms with E-state index in [0.717, 1.165) is 102 Å². The Morgan fingerprint density at radius 1 is 0.643 bits per heavy atom. The number of ether oxygens (including phenoxy) is 1. The fraction of sp³-hybridized carbons (Fsp3) is 0.208. The molecule has 0 unspecified atom stereocenters. The van der Waals surface area contributed by atoms with Gasteiger partial charge in [-0.2, -0.15) is 4.98 Å². The van der Waals surface area contributed by atoms with Crippen molar-refractivity contribution >= 4 is 77.2 Å². The second kappa shape index (κ2) is 11.0. The van der Waals surface area contributed by atoms with Gasteiger partial charge in [-0.05, 0) is 102 Å². The molecule has 1 fully saturated rings. The van der Waals surface area contributed by atoms with E-state index in [1.54, 1.807) is 0 Å². The zero-order valence-electron chi connectivity index (χ0n) is 32.7. The van der Waals surface area contributed by atoms with Crippen LogP contribution in [0.5, 0.6) is 11.6 Å². The lowest BCUT2D eigenvalue weighted by Gasteiger charge is -2.49. The molecule has 1 aliphatic carbocycles. The highest BCUT2D eigenvalue weighted by atomic mass is 16.5. The summed E-state index contributed by atoms with van der Waals surface area (Å²) in [6.07, 6.45) is 5.08. The molecule has 0 bridgehead atoms. The molecule has 0 aliphatic heterocycles. The average Bonchev–Trinajstić information content (AvgIpc) is 3.86. The Bertz CT molecular complexity index is 3430. The Morgan fingerprint density at radius 2 is 1.43 bits per heavy atom. The molecule has 0 atom stereocenters. The summed E-state index contributed by atoms with van der Waals surface area (Å²) in [5.41, 5.74) is 10.2. The Labute approximate surface area is 323 Å². The predicted molar refractivity (Wildman–Crippen MR) is 226 cm³/mol. The van der Waals surface area contributed by atoms with Gasteiger partial charge in [0.1, 0.15) is 17.0 Å². The van der Waals surface area contributed by atoms with E-state index in [1.807, 2.05) is 42.6 Å². The number of hydrogen-bond acceptors (Lipinski definition) is 5. The Kier molecular flexibility index (Phi) is 6.06. The molecule has 11 aromatic rings. The van der Waals surface area contributed by atoms with Gasteiger partial charge in [0.25, 0.3) is 0 Å². The Hall–Kier alpha value is -6.54. The topological polar surface area (TPSA) is 74.5 Å². The van der Waals surface area contributed by atoms with Crippen molar-refractivity contribution in [2.75, 3.05) is 0 Å². The average molecular weight is 731 g/mol. The molecule has 56 heavy (non-hydrogen) atoms. The lowest BCUT2D eigenvalue weighted by Crippen LogP contribution is -2.38. The van der Waals surface area contributed by atoms with Crippen molar-refractivity contribution in [1.82, 2.24) is 33.3 Å². The van der Waals surface area contributed by atoms with Gasteiger partial charge in [-0.1, -0.05) is 76.6 Å². The molecule has 0 spiro atoms. The summed E-state index contributed by atoms with van der Waals surface area (Å²) in [5.74, 6) is 0.995. The van der Waals surface area contributed by atoms with Crippen LogP contribution in [0.4, 0.5) is 0 Å². The van der Waals surface area contributed by atoms with Gasteiger partial charge in [0.15, 0.2) is 0 Å². The first-order chi connectivity index (χ1) is 27.6. The van der Waals surface area contributed by atoms with Crippen LogP contribution < -0.4 is 4.74 Å². The summed E-state index contributed by atoms with van der Waals surface area (Å²) < 4.78 is 23.6. The fourth-order valence-electron chi connectivity index (χ4n) is 10.3. The minimum absolute atomic E-state index is 0.185. The maximum absolute atomic E-state index is 10.2. The summed E-state index contributed by atoms with van der Waals surface area (Å²) >= 11 is 0. The summed E-state index contributed by atoms with van der Waals surface area (Å²) in [5, 5.41) is 3.94. The number of hydrogen-bond donors (Lipinski definition) is 0. The van der Waals surface area contributed by atoms with Crippen LogP contribution in [0, 0.1) is 10.8 Å². The van der Waals surface area contributed by atoms with Gasteiger partial charge in [-0.25, -0.2) is 15.0 Å². The molecule has 8 heteroatoms. The highest BCUT2D eigenvalue weighted by molar-refractivity contribution is 6.12. The zero-order chi connectivity index (χ0) is 38.4. The van der Waals surface area contributed by atoms with Crippen LogP contribution in [-0.2, 0) is 0 Å². The first-order valence-electron chi connectivity index (χ1n) is 20.0. The smallest absolute Gasteiger partial charge is 0.235 e. The predicted octanol–water partition coefficient (Wildman–Crippen LogP) is 12.0. The van der Waals surface area contributed by atoms with Gasteiger partial charge in [0.05, 0.1) is 38.6 Å². The summed E-state index contributed by atoms with van der Waals surface area (Å²) in [4.78, 5) is 20.2. The maximum Gasteiger partial charge on any atom is 0.235 e. The van der Waals surface area contributed by atoms with Gasteiger partial charge in [-0.3, -0.25) is 13.4 Å². The molecule has 0 amide bonds. The molecular weight excluding hydrogens is 691 g/mol. The molecule has 1 saturated carbocycles. The molecule has 272 valence electrons. The van der Waals surface area contributed by atoms with Gasteiger partial charge in [0, 0.05) is 40.9 Å². The molecule has 6 heterocycles. The van der Waals surface area contributed by atoms with Crippen molar-refractivity contribution in [3.63, 3.8) is 0 Å². The van der Waals surface area contributed by atoms with Crippen LogP contribution in [0.15, 0.2) is 121 Å². The number of nitrogens with zero attached hydrogens (tertiary/aromatic N) is 7. The van der Waals surface area contributed by atoms with E-state index in [1.165, 1.54) is 0 Å². The maximum atomic E-state index is 10.2. The van der Waals surface area contributed by atoms with E-state index in [-0.39, 0.29) is 10.8 Å². The third-order valence-corrected chi connectivity index (χ3v) is 12.4. The van der Waals surface area contributed by atoms with Crippen molar-refractivity contribution in [2.24, 2.45) is 10.8 Å². The van der Waals surface area contributed by atoms with Crippen LogP contribution in [-0.4, -0.2) is 33.3 Å². The number of benzene rings is 5. The Balaban J connectivity index is 1.08. The fourth-order valence-corrected chi connectivity index (χ4v) is 10.3. The van der Waals surface area contributed by atoms with E-state index in [9.17, 15) is 1.37 Å². The minimum Gasteiger partial charge on any atom is -0.439 e. The van der Waals surface area contributed by atoms with Crippen LogP contribution in [0.2, 0.25) is 0 Å². The van der Waals surface area contributed by atoms with Gasteiger partial charge in [0.2, 0.25) is 11.7 Å². The minimum atomic E-state index is -0.760. The Morgan fingerprint density at radius 3 is 2.29 bits per heavy atom. The molecule has 0 radical (unpaired) electrons. The van der Waals surface area contributed by atoms with Gasteiger partial charge in [-0.15, -0.1) is 0 Å². The first-order valence-corrected chi connectivity index (χ1v) is 19.5. The van der Waals surface area contributed by atoms with Crippen molar-refractivity contribution in [3.05, 3.63) is 127 Å². The van der Waals surface area contributed by atoms with Crippen LogP contribution >= 0.6 is 0 Å². The highest BCUT2D eigenvalue weighted by Gasteiger charge is 2.44. The van der Waals surface area contributed by atoms with E-state index in [0.29, 0.717) is 17.4 Å². The molecule has 6 aromatic heterocycles. The summed E-state index contributed by atoms with van der Waals surface area (Å²) in [6, 6.07) is 39.7. The zero-order valence-corrected chi connectivity index (χ0v) is 31.7. The normalized spacial score (nSPS) is 17.0. The molecule has 12 rings (SSSR count). The number of pyridine rings is 1. The number of rotatable bonds is 4. The lowest BCUT2D eigenvalue weighted by atomic mass is 9.55. The second-order valence-electron chi connectivity index (χ2n) is 16.8. The summed E-state index contributed by atoms with van der Waals surface area (Å²) in [6.45, 7) is 9.09. The van der Waals surface area contributed by atoms with Crippen molar-refractivity contribution in [2.45, 2.75) is 52.9 Å². The number of fused-ring (bicyclic) bond motifs is 8. The molecular formula is C48H39N7O. The lowest BCUT2D eigenvalue weighted by molar-refractivity contribution is 0.0728. The van der Waals surface area contributed by atoms with Crippen LogP contribution in [0.1, 0.15) is 59.8 Å². The van der Waals surface area contributed by atoms with E-state index in [4.69, 9.17) is 24.7 Å². The van der Waals surface area contributed by atoms with Crippen LogP contribution in [0.25, 0.3) is 82.9 Å². The largest absolute Gasteiger partial charge is 0.439 e. The van der Waals surface area contributed by atoms with Crippen molar-refractivity contribution in [1.29, 1.82) is 0 Å². The van der Waals surface area contributed by atoms with Crippen LogP contribution in [0.3, 0.4) is 0 Å². The van der Waals surface area contributed by atoms with Gasteiger partial charge < -0.3 is 4.74 Å². The van der Waals surface area contributed by atoms with Crippen molar-refractivity contribution < 1.29 is 6.11 Å². The van der Waals surface area contributed by atoms with Crippen molar-refractivity contribution in [3.8, 4) is 17.3 Å². The molecule has 0 N–H and O–H groups in total. The SMILES string of the molecule is [2H]C1(c2ccc3c(c2)c2ccc(Oc4cc5cnc6nc7cccc8c7n6c5c(c4)c4nc5ccccc5n84)nc2n3-c2ccccc2)C(C)(C)CCCC1(C)C. The quantitative estimate of drug-likeness (QED) is 0.180. The van der Waals surface area contributed by atoms with E-state index < -0.39 is 5.89 Å². The summed E-state index contributed by atoms with van der Waals surface area (Å²) in [7, 11) is 0. The number of imidazole rings is 2. The first kappa shape index (κ1) is 30.7. The molecule has 8 nitrogen and oxygen atoms in total. The third kappa shape index (κ3) is 4.35. The number of para-hydroxylation sites is 4. The van der Waals surface area contributed by atoms with E-state index >= 15 is 0 Å². The molecule has 0 saturated heterocycles. The molecule has 1 aliphatic rings. The second-order valence-corrected chi connectivity index (χ2v) is 16.8. The molecule has 5 aromatic carbocycles. The third-order valence-electron chi connectivity index (χ3n) is 12.4. The van der Waals surface area contributed by atoms with Gasteiger partial charge >= 0.3 is 0 Å².